The van der Waals surface area contributed by atoms with Gasteiger partial charge in [-0.15, -0.1) is 0 Å². The van der Waals surface area contributed by atoms with Gasteiger partial charge in [0.2, 0.25) is 0 Å². The molecule has 0 spiro atoms. The van der Waals surface area contributed by atoms with Crippen molar-refractivity contribution in [3.63, 3.8) is 0 Å². The van der Waals surface area contributed by atoms with Gasteiger partial charge in [-0.05, 0) is 31.7 Å². The van der Waals surface area contributed by atoms with Crippen molar-refractivity contribution in [3.8, 4) is 0 Å². The number of aliphatic hydroxyl groups is 1. The minimum absolute atomic E-state index is 0.0774. The number of hydrogen-bond donors (Lipinski definition) is 2. The van der Waals surface area contributed by atoms with Crippen LogP contribution in [-0.4, -0.2) is 43.2 Å². The van der Waals surface area contributed by atoms with Gasteiger partial charge < -0.3 is 15.2 Å². The molecule has 2 N–H and O–H groups in total. The van der Waals surface area contributed by atoms with Crippen molar-refractivity contribution >= 4 is 0 Å². The highest BCUT2D eigenvalue weighted by Crippen LogP contribution is 2.37. The van der Waals surface area contributed by atoms with Crippen LogP contribution >= 0.6 is 0 Å². The van der Waals surface area contributed by atoms with Crippen LogP contribution in [0.2, 0.25) is 0 Å². The molecule has 0 saturated heterocycles. The molecule has 1 fully saturated rings. The van der Waals surface area contributed by atoms with Gasteiger partial charge in [0.1, 0.15) is 0 Å². The highest BCUT2D eigenvalue weighted by atomic mass is 19.4. The van der Waals surface area contributed by atoms with Crippen LogP contribution in [0, 0.1) is 5.92 Å². The third kappa shape index (κ3) is 5.28. The van der Waals surface area contributed by atoms with Crippen molar-refractivity contribution in [2.45, 2.75) is 50.7 Å². The Labute approximate surface area is 112 Å². The molecule has 3 nitrogen and oxygen atoms in total. The Hall–Kier alpha value is -0.330. The average molecular weight is 283 g/mol. The second-order valence-electron chi connectivity index (χ2n) is 5.20. The maximum atomic E-state index is 11.9. The minimum atomic E-state index is -4.15. The summed E-state index contributed by atoms with van der Waals surface area (Å²) in [5.74, 6) is 0.281. The highest BCUT2D eigenvalue weighted by molar-refractivity contribution is 4.98. The molecule has 0 amide bonds. The predicted molar refractivity (Wildman–Crippen MR) is 66.9 cm³/mol. The summed E-state index contributed by atoms with van der Waals surface area (Å²) < 4.78 is 40.9. The molecule has 0 aromatic rings. The van der Waals surface area contributed by atoms with E-state index in [0.717, 1.165) is 25.8 Å². The zero-order chi connectivity index (χ0) is 14.4. The fourth-order valence-corrected chi connectivity index (χ4v) is 2.93. The van der Waals surface area contributed by atoms with Gasteiger partial charge in [-0.2, -0.15) is 13.2 Å². The van der Waals surface area contributed by atoms with Gasteiger partial charge in [0, 0.05) is 12.1 Å². The van der Waals surface area contributed by atoms with Crippen LogP contribution in [0.4, 0.5) is 13.2 Å². The first-order valence-corrected chi connectivity index (χ1v) is 6.94. The molecule has 1 aliphatic carbocycles. The Morgan fingerprint density at radius 1 is 1.37 bits per heavy atom. The average Bonchev–Trinajstić information content (AvgIpc) is 2.71. The Morgan fingerprint density at radius 3 is 2.68 bits per heavy atom. The molecule has 0 aromatic carbocycles. The fourth-order valence-electron chi connectivity index (χ4n) is 2.93. The largest absolute Gasteiger partial charge is 0.394 e. The lowest BCUT2D eigenvalue weighted by atomic mass is 9.85. The third-order valence-electron chi connectivity index (χ3n) is 3.91. The molecule has 0 aromatic heterocycles. The molecule has 6 heteroatoms. The van der Waals surface area contributed by atoms with Crippen LogP contribution in [0.3, 0.4) is 0 Å². The fraction of sp³-hybridized carbons (Fsp3) is 1.00. The first-order valence-electron chi connectivity index (χ1n) is 6.94. The summed E-state index contributed by atoms with van der Waals surface area (Å²) in [4.78, 5) is 0. The van der Waals surface area contributed by atoms with Crippen molar-refractivity contribution < 1.29 is 23.0 Å². The smallest absolute Gasteiger partial charge is 0.391 e. The summed E-state index contributed by atoms with van der Waals surface area (Å²) in [5, 5.41) is 12.9. The van der Waals surface area contributed by atoms with Gasteiger partial charge in [0.05, 0.1) is 19.6 Å². The molecule has 0 aliphatic heterocycles. The molecule has 1 saturated carbocycles. The van der Waals surface area contributed by atoms with E-state index in [1.165, 1.54) is 0 Å². The number of aliphatic hydroxyl groups excluding tert-OH is 1. The van der Waals surface area contributed by atoms with E-state index in [2.05, 4.69) is 5.32 Å². The lowest BCUT2D eigenvalue weighted by Gasteiger charge is -2.34. The summed E-state index contributed by atoms with van der Waals surface area (Å²) in [6.45, 7) is 2.91. The summed E-state index contributed by atoms with van der Waals surface area (Å²) in [7, 11) is 0. The number of alkyl halides is 3. The first kappa shape index (κ1) is 16.7. The molecular weight excluding hydrogens is 259 g/mol. The van der Waals surface area contributed by atoms with E-state index in [-0.39, 0.29) is 24.7 Å². The zero-order valence-electron chi connectivity index (χ0n) is 11.4. The molecule has 0 bridgehead atoms. The molecule has 0 heterocycles. The van der Waals surface area contributed by atoms with Crippen molar-refractivity contribution in [1.82, 2.24) is 5.32 Å². The van der Waals surface area contributed by atoms with Gasteiger partial charge in [0.25, 0.3) is 0 Å². The van der Waals surface area contributed by atoms with Gasteiger partial charge in [-0.3, -0.25) is 0 Å². The van der Waals surface area contributed by atoms with Crippen LogP contribution in [0.25, 0.3) is 0 Å². The van der Waals surface area contributed by atoms with Crippen molar-refractivity contribution in [1.29, 1.82) is 0 Å². The Kier molecular flexibility index (Phi) is 6.56. The van der Waals surface area contributed by atoms with Crippen LogP contribution in [0.1, 0.15) is 39.0 Å². The van der Waals surface area contributed by atoms with E-state index in [4.69, 9.17) is 4.74 Å². The lowest BCUT2D eigenvalue weighted by molar-refractivity contribution is -0.145. The Balaban J connectivity index is 2.27. The van der Waals surface area contributed by atoms with E-state index in [0.29, 0.717) is 13.0 Å². The summed E-state index contributed by atoms with van der Waals surface area (Å²) in [6, 6.07) is 0. The molecule has 2 atom stereocenters. The molecule has 114 valence electrons. The van der Waals surface area contributed by atoms with E-state index in [9.17, 15) is 18.3 Å². The number of rotatable bonds is 8. The topological polar surface area (TPSA) is 41.5 Å². The molecule has 2 unspecified atom stereocenters. The number of halogens is 3. The second-order valence-corrected chi connectivity index (χ2v) is 5.20. The van der Waals surface area contributed by atoms with E-state index >= 15 is 0 Å². The normalized spacial score (nSPS) is 27.9. The van der Waals surface area contributed by atoms with Gasteiger partial charge in [-0.25, -0.2) is 0 Å². The van der Waals surface area contributed by atoms with Crippen molar-refractivity contribution in [3.05, 3.63) is 0 Å². The van der Waals surface area contributed by atoms with E-state index < -0.39 is 12.6 Å². The number of hydrogen-bond acceptors (Lipinski definition) is 3. The quantitative estimate of drug-likeness (QED) is 0.672. The van der Waals surface area contributed by atoms with Crippen molar-refractivity contribution in [2.24, 2.45) is 5.92 Å². The Bertz CT molecular complexity index is 261. The van der Waals surface area contributed by atoms with Crippen LogP contribution < -0.4 is 5.32 Å². The van der Waals surface area contributed by atoms with Crippen molar-refractivity contribution in [2.75, 3.05) is 26.4 Å². The summed E-state index contributed by atoms with van der Waals surface area (Å²) in [6.07, 6.45) is -1.38. The molecule has 19 heavy (non-hydrogen) atoms. The molecule has 1 aliphatic rings. The van der Waals surface area contributed by atoms with Crippen LogP contribution in [0.5, 0.6) is 0 Å². The standard InChI is InChI=1S/C13H24F3NO2/c1-2-17-12(10-18)6-3-4-11(12)5-8-19-9-7-13(14,15)16/h11,17-18H,2-10H2,1H3. The highest BCUT2D eigenvalue weighted by Gasteiger charge is 2.41. The maximum Gasteiger partial charge on any atom is 0.391 e. The summed E-state index contributed by atoms with van der Waals surface area (Å²) >= 11 is 0. The zero-order valence-corrected chi connectivity index (χ0v) is 11.4. The number of nitrogens with one attached hydrogen (secondary N) is 1. The maximum absolute atomic E-state index is 11.9. The molecule has 0 radical (unpaired) electrons. The molecule has 1 rings (SSSR count). The minimum Gasteiger partial charge on any atom is -0.394 e. The van der Waals surface area contributed by atoms with Crippen LogP contribution in [0.15, 0.2) is 0 Å². The number of likely N-dealkylation sites (N-methyl/N-ethyl adjacent to an activating group) is 1. The predicted octanol–water partition coefficient (Wildman–Crippen LogP) is 2.49. The van der Waals surface area contributed by atoms with E-state index in [1.54, 1.807) is 0 Å². The van der Waals surface area contributed by atoms with E-state index in [1.807, 2.05) is 6.92 Å². The van der Waals surface area contributed by atoms with Gasteiger partial charge in [0.15, 0.2) is 0 Å². The SMILES string of the molecule is CCNC1(CO)CCCC1CCOCCC(F)(F)F. The Morgan fingerprint density at radius 2 is 2.11 bits per heavy atom. The van der Waals surface area contributed by atoms with Crippen LogP contribution in [-0.2, 0) is 4.74 Å². The first-order chi connectivity index (χ1) is 8.93. The number of ether oxygens (including phenoxy) is 1. The second kappa shape index (κ2) is 7.45. The monoisotopic (exact) mass is 283 g/mol. The third-order valence-corrected chi connectivity index (χ3v) is 3.91. The van der Waals surface area contributed by atoms with Gasteiger partial charge >= 0.3 is 6.18 Å². The summed E-state index contributed by atoms with van der Waals surface area (Å²) in [5.41, 5.74) is -0.262. The van der Waals surface area contributed by atoms with Gasteiger partial charge in [-0.1, -0.05) is 13.3 Å². The molecular formula is C13H24F3NO2. The lowest BCUT2D eigenvalue weighted by Crippen LogP contribution is -2.51.